The summed E-state index contributed by atoms with van der Waals surface area (Å²) in [6.45, 7) is 4.21. The van der Waals surface area contributed by atoms with E-state index in [1.807, 2.05) is 0 Å². The first-order valence-electron chi connectivity index (χ1n) is 6.67. The van der Waals surface area contributed by atoms with E-state index in [2.05, 4.69) is 91.9 Å². The van der Waals surface area contributed by atoms with Crippen LogP contribution in [0.4, 0.5) is 0 Å². The van der Waals surface area contributed by atoms with Crippen LogP contribution in [0.2, 0.25) is 0 Å². The van der Waals surface area contributed by atoms with E-state index < -0.39 is 7.92 Å². The number of benzene rings is 3. The molecule has 0 bridgehead atoms. The Morgan fingerprint density at radius 2 is 1.00 bits per heavy atom. The summed E-state index contributed by atoms with van der Waals surface area (Å²) in [5.74, 6) is 0. The van der Waals surface area contributed by atoms with E-state index in [0.717, 1.165) is 5.56 Å². The molecule has 0 aliphatic carbocycles. The fraction of sp³-hybridized carbons (Fsp3) is 0. The van der Waals surface area contributed by atoms with Gasteiger partial charge in [-0.3, -0.25) is 0 Å². The van der Waals surface area contributed by atoms with Crippen molar-refractivity contribution >= 4 is 23.8 Å². The van der Waals surface area contributed by atoms with Crippen LogP contribution in [0.5, 0.6) is 0 Å². The lowest BCUT2D eigenvalue weighted by atomic mass is 10.2. The van der Waals surface area contributed by atoms with Gasteiger partial charge in [-0.2, -0.15) is 0 Å². The van der Waals surface area contributed by atoms with Gasteiger partial charge >= 0.3 is 0 Å². The predicted molar refractivity (Wildman–Crippen MR) is 89.6 cm³/mol. The highest BCUT2D eigenvalue weighted by molar-refractivity contribution is 7.79. The molecule has 0 amide bonds. The number of hydrogen-bond donors (Lipinski definition) is 0. The zero-order chi connectivity index (χ0) is 13.8. The average molecular weight is 275 g/mol. The SMILES string of the molecule is [CH2]c1ccccc1P(c1ccccc1)c1ccccc1. The first kappa shape index (κ1) is 13.1. The fourth-order valence-corrected chi connectivity index (χ4v) is 4.70. The van der Waals surface area contributed by atoms with Crippen molar-refractivity contribution in [3.8, 4) is 0 Å². The lowest BCUT2D eigenvalue weighted by Crippen LogP contribution is -2.22. The minimum atomic E-state index is -0.529. The molecule has 1 radical (unpaired) electrons. The topological polar surface area (TPSA) is 0 Å². The van der Waals surface area contributed by atoms with Gasteiger partial charge in [0.2, 0.25) is 0 Å². The third kappa shape index (κ3) is 2.66. The molecule has 20 heavy (non-hydrogen) atoms. The van der Waals surface area contributed by atoms with Crippen molar-refractivity contribution in [2.75, 3.05) is 0 Å². The van der Waals surface area contributed by atoms with E-state index in [9.17, 15) is 0 Å². The van der Waals surface area contributed by atoms with Crippen molar-refractivity contribution in [3.63, 3.8) is 0 Å². The number of hydrogen-bond acceptors (Lipinski definition) is 0. The van der Waals surface area contributed by atoms with Crippen molar-refractivity contribution in [1.82, 2.24) is 0 Å². The second-order valence-electron chi connectivity index (χ2n) is 4.64. The van der Waals surface area contributed by atoms with Crippen LogP contribution < -0.4 is 15.9 Å². The standard InChI is InChI=1S/C19H16P/c1-16-10-8-9-15-19(16)20(17-11-4-2-5-12-17)18-13-6-3-7-14-18/h2-15H,1H2. The van der Waals surface area contributed by atoms with Gasteiger partial charge in [0.1, 0.15) is 0 Å². The van der Waals surface area contributed by atoms with Crippen molar-refractivity contribution in [3.05, 3.63) is 97.4 Å². The molecular formula is C19H16P. The Morgan fingerprint density at radius 3 is 1.50 bits per heavy atom. The molecule has 0 saturated carbocycles. The summed E-state index contributed by atoms with van der Waals surface area (Å²) in [6, 6.07) is 29.9. The third-order valence-electron chi connectivity index (χ3n) is 3.26. The van der Waals surface area contributed by atoms with Gasteiger partial charge in [-0.1, -0.05) is 84.9 Å². The summed E-state index contributed by atoms with van der Waals surface area (Å²) < 4.78 is 0. The molecule has 0 unspecified atom stereocenters. The van der Waals surface area contributed by atoms with E-state index in [1.165, 1.54) is 15.9 Å². The molecular weight excluding hydrogens is 259 g/mol. The van der Waals surface area contributed by atoms with Crippen LogP contribution in [-0.4, -0.2) is 0 Å². The summed E-state index contributed by atoms with van der Waals surface area (Å²) in [5, 5.41) is 4.06. The highest BCUT2D eigenvalue weighted by Gasteiger charge is 2.17. The lowest BCUT2D eigenvalue weighted by molar-refractivity contribution is 1.67. The van der Waals surface area contributed by atoms with Gasteiger partial charge in [-0.05, 0) is 36.3 Å². The van der Waals surface area contributed by atoms with Crippen LogP contribution in [0.3, 0.4) is 0 Å². The molecule has 0 fully saturated rings. The molecule has 0 saturated heterocycles. The van der Waals surface area contributed by atoms with Crippen molar-refractivity contribution in [1.29, 1.82) is 0 Å². The molecule has 0 atom stereocenters. The van der Waals surface area contributed by atoms with Crippen molar-refractivity contribution < 1.29 is 0 Å². The van der Waals surface area contributed by atoms with Crippen LogP contribution in [-0.2, 0) is 0 Å². The molecule has 0 N–H and O–H groups in total. The number of rotatable bonds is 3. The van der Waals surface area contributed by atoms with Gasteiger partial charge in [-0.25, -0.2) is 0 Å². The van der Waals surface area contributed by atoms with Crippen molar-refractivity contribution in [2.24, 2.45) is 0 Å². The molecule has 0 heterocycles. The summed E-state index contributed by atoms with van der Waals surface area (Å²) in [5.41, 5.74) is 1.12. The van der Waals surface area contributed by atoms with Gasteiger partial charge in [0, 0.05) is 0 Å². The molecule has 1 heteroatoms. The highest BCUT2D eigenvalue weighted by atomic mass is 31.1. The molecule has 0 aliphatic rings. The maximum Gasteiger partial charge on any atom is -0.0119 e. The van der Waals surface area contributed by atoms with Crippen LogP contribution in [0.1, 0.15) is 5.56 Å². The first-order valence-corrected chi connectivity index (χ1v) is 8.01. The quantitative estimate of drug-likeness (QED) is 0.640. The molecule has 0 aromatic heterocycles. The van der Waals surface area contributed by atoms with Crippen LogP contribution in [0.25, 0.3) is 0 Å². The van der Waals surface area contributed by atoms with Gasteiger partial charge in [-0.15, -0.1) is 0 Å². The van der Waals surface area contributed by atoms with Crippen LogP contribution >= 0.6 is 7.92 Å². The Bertz CT molecular complexity index is 635. The summed E-state index contributed by atoms with van der Waals surface area (Å²) in [4.78, 5) is 0. The Balaban J connectivity index is 2.17. The monoisotopic (exact) mass is 275 g/mol. The molecule has 0 aliphatic heterocycles. The predicted octanol–water partition coefficient (Wildman–Crippen LogP) is 3.63. The lowest BCUT2D eigenvalue weighted by Gasteiger charge is -2.21. The van der Waals surface area contributed by atoms with E-state index in [4.69, 9.17) is 0 Å². The molecule has 3 aromatic rings. The Hall–Kier alpha value is -1.91. The second kappa shape index (κ2) is 6.03. The Labute approximate surface area is 121 Å². The summed E-state index contributed by atoms with van der Waals surface area (Å²) in [7, 11) is -0.529. The van der Waals surface area contributed by atoms with E-state index in [0.29, 0.717) is 0 Å². The zero-order valence-electron chi connectivity index (χ0n) is 11.2. The van der Waals surface area contributed by atoms with E-state index in [1.54, 1.807) is 0 Å². The highest BCUT2D eigenvalue weighted by Crippen LogP contribution is 2.33. The van der Waals surface area contributed by atoms with Gasteiger partial charge < -0.3 is 0 Å². The average Bonchev–Trinajstić information content (AvgIpc) is 2.52. The first-order chi connectivity index (χ1) is 9.86. The van der Waals surface area contributed by atoms with Gasteiger partial charge in [0.25, 0.3) is 0 Å². The van der Waals surface area contributed by atoms with E-state index in [-0.39, 0.29) is 0 Å². The zero-order valence-corrected chi connectivity index (χ0v) is 12.1. The third-order valence-corrected chi connectivity index (χ3v) is 5.81. The molecule has 0 nitrogen and oxygen atoms in total. The molecule has 3 aromatic carbocycles. The smallest absolute Gasteiger partial charge is 0.0119 e. The van der Waals surface area contributed by atoms with Gasteiger partial charge in [0.15, 0.2) is 0 Å². The van der Waals surface area contributed by atoms with Crippen LogP contribution in [0, 0.1) is 6.92 Å². The maximum atomic E-state index is 4.21. The minimum absolute atomic E-state index is 0.529. The van der Waals surface area contributed by atoms with E-state index >= 15 is 0 Å². The second-order valence-corrected chi connectivity index (χ2v) is 6.82. The fourth-order valence-electron chi connectivity index (χ4n) is 2.31. The summed E-state index contributed by atoms with van der Waals surface area (Å²) in [6.07, 6.45) is 0. The molecule has 3 rings (SSSR count). The normalized spacial score (nSPS) is 10.7. The van der Waals surface area contributed by atoms with Gasteiger partial charge in [0.05, 0.1) is 0 Å². The minimum Gasteiger partial charge on any atom is -0.0622 e. The molecule has 0 spiro atoms. The molecule has 97 valence electrons. The summed E-state index contributed by atoms with van der Waals surface area (Å²) >= 11 is 0. The maximum absolute atomic E-state index is 4.21. The van der Waals surface area contributed by atoms with Crippen LogP contribution in [0.15, 0.2) is 84.9 Å². The Kier molecular flexibility index (Phi) is 3.95. The Morgan fingerprint density at radius 1 is 0.550 bits per heavy atom. The van der Waals surface area contributed by atoms with Crippen molar-refractivity contribution in [2.45, 2.75) is 0 Å². The largest absolute Gasteiger partial charge is 0.0622 e.